The molecule has 0 radical (unpaired) electrons. The zero-order valence-corrected chi connectivity index (χ0v) is 27.9. The van der Waals surface area contributed by atoms with Gasteiger partial charge in [0.15, 0.2) is 0 Å². The van der Waals surface area contributed by atoms with Crippen molar-refractivity contribution in [3.8, 4) is 5.75 Å². The second-order valence-electron chi connectivity index (χ2n) is 13.5. The maximum absolute atomic E-state index is 15.0. The monoisotopic (exact) mass is 649 g/mol. The molecular formula is C39H43N3O6. The van der Waals surface area contributed by atoms with E-state index in [1.165, 1.54) is 0 Å². The van der Waals surface area contributed by atoms with Gasteiger partial charge in [0, 0.05) is 24.5 Å². The Hall–Kier alpha value is -4.47. The van der Waals surface area contributed by atoms with Gasteiger partial charge < -0.3 is 29.3 Å². The zero-order chi connectivity index (χ0) is 33.8. The van der Waals surface area contributed by atoms with E-state index >= 15 is 4.79 Å². The summed E-state index contributed by atoms with van der Waals surface area (Å²) in [6.07, 6.45) is 8.22. The molecule has 9 nitrogen and oxygen atoms in total. The highest BCUT2D eigenvalue weighted by molar-refractivity contribution is 6.08. The Balaban J connectivity index is 1.34. The molecule has 1 N–H and O–H groups in total. The standard InChI is InChI=1S/C39H43N3O6/c1-5-25(3)31(24-43)42-34-37(46)41(29-14-13-26-11-7-8-12-27(26)23-29)22-10-20-39(34)33(36(42)45)32-35(44)40(21-9-19-38(32,4)48-39)28-15-17-30(18-16-28)47-6-2/h7-20,23,25,31-34,43H,5-6,21-22,24H2,1-4H3/t25-,31-,32-,33-,34?,38+,39-/m0/s1. The van der Waals surface area contributed by atoms with Crippen LogP contribution in [0.15, 0.2) is 91.0 Å². The molecule has 0 aromatic heterocycles. The van der Waals surface area contributed by atoms with Gasteiger partial charge in [0.1, 0.15) is 17.4 Å². The van der Waals surface area contributed by atoms with Crippen molar-refractivity contribution in [2.75, 3.05) is 36.1 Å². The number of amides is 3. The highest BCUT2D eigenvalue weighted by atomic mass is 16.5. The number of ether oxygens (including phenoxy) is 2. The molecule has 3 aromatic carbocycles. The molecule has 7 atom stereocenters. The third kappa shape index (κ3) is 4.86. The van der Waals surface area contributed by atoms with Gasteiger partial charge in [-0.2, -0.15) is 0 Å². The Morgan fingerprint density at radius 3 is 2.21 bits per heavy atom. The maximum atomic E-state index is 15.0. The Morgan fingerprint density at radius 1 is 0.854 bits per heavy atom. The minimum absolute atomic E-state index is 0.111. The third-order valence-corrected chi connectivity index (χ3v) is 10.8. The Morgan fingerprint density at radius 2 is 1.52 bits per heavy atom. The van der Waals surface area contributed by atoms with Crippen molar-refractivity contribution >= 4 is 39.9 Å². The van der Waals surface area contributed by atoms with E-state index < -0.39 is 35.1 Å². The van der Waals surface area contributed by atoms with Crippen LogP contribution in [0.4, 0.5) is 11.4 Å². The van der Waals surface area contributed by atoms with Crippen LogP contribution in [-0.2, 0) is 19.1 Å². The number of hydrogen-bond donors (Lipinski definition) is 1. The van der Waals surface area contributed by atoms with Gasteiger partial charge in [0.05, 0.1) is 36.7 Å². The molecule has 0 bridgehead atoms. The number of rotatable bonds is 8. The number of aliphatic hydroxyl groups is 1. The molecule has 4 heterocycles. The number of benzene rings is 3. The van der Waals surface area contributed by atoms with E-state index in [4.69, 9.17) is 9.47 Å². The van der Waals surface area contributed by atoms with Gasteiger partial charge in [0.2, 0.25) is 11.8 Å². The number of hydrogen-bond acceptors (Lipinski definition) is 6. The third-order valence-electron chi connectivity index (χ3n) is 10.8. The molecule has 7 rings (SSSR count). The highest BCUT2D eigenvalue weighted by Crippen LogP contribution is 2.58. The average molecular weight is 650 g/mol. The molecule has 9 heteroatoms. The van der Waals surface area contributed by atoms with Gasteiger partial charge in [-0.15, -0.1) is 0 Å². The zero-order valence-electron chi connectivity index (χ0n) is 27.9. The molecule has 4 aliphatic rings. The predicted molar refractivity (Wildman–Crippen MR) is 185 cm³/mol. The number of fused-ring (bicyclic) bond motifs is 3. The summed E-state index contributed by atoms with van der Waals surface area (Å²) in [5, 5.41) is 12.8. The molecule has 3 amide bonds. The maximum Gasteiger partial charge on any atom is 0.253 e. The van der Waals surface area contributed by atoms with Crippen LogP contribution in [0.5, 0.6) is 5.75 Å². The van der Waals surface area contributed by atoms with Crippen LogP contribution in [0, 0.1) is 17.8 Å². The van der Waals surface area contributed by atoms with Gasteiger partial charge in [-0.25, -0.2) is 0 Å². The summed E-state index contributed by atoms with van der Waals surface area (Å²) in [5.41, 5.74) is -1.20. The smallest absolute Gasteiger partial charge is 0.253 e. The first-order valence-electron chi connectivity index (χ1n) is 17.0. The van der Waals surface area contributed by atoms with Crippen LogP contribution in [0.1, 0.15) is 34.1 Å². The molecule has 0 aliphatic carbocycles. The fraction of sp³-hybridized carbons (Fsp3) is 0.410. The molecule has 1 unspecified atom stereocenters. The van der Waals surface area contributed by atoms with Crippen LogP contribution < -0.4 is 14.5 Å². The minimum atomic E-state index is -1.43. The molecule has 250 valence electrons. The number of carbonyl (C=O) groups excluding carboxylic acids is 3. The van der Waals surface area contributed by atoms with E-state index in [0.29, 0.717) is 36.7 Å². The quantitative estimate of drug-likeness (QED) is 0.340. The second kappa shape index (κ2) is 12.2. The van der Waals surface area contributed by atoms with Crippen LogP contribution in [-0.4, -0.2) is 77.3 Å². The molecule has 2 saturated heterocycles. The molecular weight excluding hydrogens is 606 g/mol. The first kappa shape index (κ1) is 32.1. The lowest BCUT2D eigenvalue weighted by Gasteiger charge is -2.41. The summed E-state index contributed by atoms with van der Waals surface area (Å²) in [6, 6.07) is 19.5. The number of likely N-dealkylation sites (tertiary alicyclic amines) is 1. The van der Waals surface area contributed by atoms with Crippen molar-refractivity contribution < 1.29 is 29.0 Å². The molecule has 1 spiro atoms. The van der Waals surface area contributed by atoms with Crippen molar-refractivity contribution in [2.24, 2.45) is 17.8 Å². The van der Waals surface area contributed by atoms with Gasteiger partial charge >= 0.3 is 0 Å². The topological polar surface area (TPSA) is 99.6 Å². The minimum Gasteiger partial charge on any atom is -0.494 e. The summed E-state index contributed by atoms with van der Waals surface area (Å²) in [6.45, 7) is 8.53. The predicted octanol–water partition coefficient (Wildman–Crippen LogP) is 5.12. The van der Waals surface area contributed by atoms with Gasteiger partial charge in [-0.05, 0) is 66.9 Å². The van der Waals surface area contributed by atoms with E-state index in [9.17, 15) is 14.7 Å². The average Bonchev–Trinajstić information content (AvgIpc) is 3.36. The van der Waals surface area contributed by atoms with Crippen molar-refractivity contribution in [3.63, 3.8) is 0 Å². The van der Waals surface area contributed by atoms with Crippen molar-refractivity contribution in [1.82, 2.24) is 4.90 Å². The summed E-state index contributed by atoms with van der Waals surface area (Å²) >= 11 is 0. The molecule has 2 fully saturated rings. The summed E-state index contributed by atoms with van der Waals surface area (Å²) in [7, 11) is 0. The van der Waals surface area contributed by atoms with Crippen LogP contribution in [0.3, 0.4) is 0 Å². The van der Waals surface area contributed by atoms with E-state index in [1.807, 2.05) is 119 Å². The van der Waals surface area contributed by atoms with Crippen molar-refractivity contribution in [3.05, 3.63) is 91.0 Å². The van der Waals surface area contributed by atoms with Gasteiger partial charge in [-0.3, -0.25) is 14.4 Å². The van der Waals surface area contributed by atoms with Crippen LogP contribution >= 0.6 is 0 Å². The fourth-order valence-corrected chi connectivity index (χ4v) is 8.33. The van der Waals surface area contributed by atoms with E-state index in [2.05, 4.69) is 0 Å². The van der Waals surface area contributed by atoms with Crippen molar-refractivity contribution in [2.45, 2.75) is 57.4 Å². The van der Waals surface area contributed by atoms with E-state index in [-0.39, 0.29) is 36.8 Å². The summed E-state index contributed by atoms with van der Waals surface area (Å²) < 4.78 is 12.7. The van der Waals surface area contributed by atoms with Gasteiger partial charge in [-0.1, -0.05) is 74.9 Å². The number of nitrogens with zero attached hydrogens (tertiary/aromatic N) is 3. The normalized spacial score (nSPS) is 29.4. The Kier molecular flexibility index (Phi) is 8.16. The number of carbonyl (C=O) groups is 3. The first-order valence-corrected chi connectivity index (χ1v) is 17.0. The SMILES string of the molecule is CCOc1ccc(N2CC=C[C@@]3(C)O[C@]45C=CCN(c6ccc7ccccc7c6)C(=O)C4N([C@@H](CO)[C@@H](C)CC)C(=O)[C@@H]5[C@H]3C2=O)cc1. The Bertz CT molecular complexity index is 1800. The van der Waals surface area contributed by atoms with Crippen molar-refractivity contribution in [1.29, 1.82) is 0 Å². The van der Waals surface area contributed by atoms with Crippen LogP contribution in [0.2, 0.25) is 0 Å². The molecule has 4 aliphatic heterocycles. The lowest BCUT2D eigenvalue weighted by atomic mass is 9.74. The largest absolute Gasteiger partial charge is 0.494 e. The van der Waals surface area contributed by atoms with E-state index in [0.717, 1.165) is 10.8 Å². The highest BCUT2D eigenvalue weighted by Gasteiger charge is 2.75. The molecule has 3 aromatic rings. The first-order chi connectivity index (χ1) is 23.2. The number of aliphatic hydroxyl groups excluding tert-OH is 1. The van der Waals surface area contributed by atoms with Crippen LogP contribution in [0.25, 0.3) is 10.8 Å². The Labute approximate surface area is 281 Å². The second-order valence-corrected chi connectivity index (χ2v) is 13.5. The fourth-order valence-electron chi connectivity index (χ4n) is 8.33. The summed E-state index contributed by atoms with van der Waals surface area (Å²) in [4.78, 5) is 49.7. The molecule has 0 saturated carbocycles. The number of anilines is 2. The lowest BCUT2D eigenvalue weighted by Crippen LogP contribution is -2.60. The molecule has 48 heavy (non-hydrogen) atoms. The lowest BCUT2D eigenvalue weighted by molar-refractivity contribution is -0.149. The summed E-state index contributed by atoms with van der Waals surface area (Å²) in [5.74, 6) is -2.20. The van der Waals surface area contributed by atoms with E-state index in [1.54, 1.807) is 14.7 Å². The van der Waals surface area contributed by atoms with Gasteiger partial charge in [0.25, 0.3) is 5.91 Å².